The number of hydrogen-bond acceptors (Lipinski definition) is 4. The summed E-state index contributed by atoms with van der Waals surface area (Å²) in [4.78, 5) is 5.68. The highest BCUT2D eigenvalue weighted by Gasteiger charge is 2.12. The van der Waals surface area contributed by atoms with Crippen molar-refractivity contribution in [3.63, 3.8) is 0 Å². The van der Waals surface area contributed by atoms with Gasteiger partial charge in [0.1, 0.15) is 5.82 Å². The van der Waals surface area contributed by atoms with E-state index < -0.39 is 0 Å². The lowest BCUT2D eigenvalue weighted by Gasteiger charge is -2.10. The Morgan fingerprint density at radius 2 is 2.22 bits per heavy atom. The molecule has 0 saturated heterocycles. The second-order valence-electron chi connectivity index (χ2n) is 4.13. The molecule has 1 aromatic carbocycles. The molecule has 1 aromatic heterocycles. The molecule has 2 heterocycles. The first kappa shape index (κ1) is 11.4. The number of nitrogens with zero attached hydrogens (tertiary/aromatic N) is 1. The van der Waals surface area contributed by atoms with Gasteiger partial charge in [-0.1, -0.05) is 13.0 Å². The number of benzene rings is 1. The Balaban J connectivity index is 1.96. The van der Waals surface area contributed by atoms with E-state index in [1.165, 1.54) is 10.5 Å². The minimum atomic E-state index is 0.809. The zero-order valence-electron chi connectivity index (χ0n) is 10.2. The molecule has 3 rings (SSSR count). The predicted octanol–water partition coefficient (Wildman–Crippen LogP) is 3.86. The van der Waals surface area contributed by atoms with Gasteiger partial charge in [-0.25, -0.2) is 4.98 Å². The minimum Gasteiger partial charge on any atom is -0.379 e. The molecule has 0 spiro atoms. The molecule has 2 aromatic rings. The molecule has 0 atom stereocenters. The third-order valence-corrected chi connectivity index (χ3v) is 3.79. The maximum Gasteiger partial charge on any atom is 0.135 e. The summed E-state index contributed by atoms with van der Waals surface area (Å²) in [6.45, 7) is 2.98. The number of hydrogen-bond donors (Lipinski definition) is 2. The number of thioether (sulfide) groups is 1. The molecule has 3 nitrogen and oxygen atoms in total. The number of nitrogens with one attached hydrogen (secondary N) is 2. The van der Waals surface area contributed by atoms with E-state index in [0.717, 1.165) is 29.5 Å². The number of anilines is 3. The Hall–Kier alpha value is -1.68. The van der Waals surface area contributed by atoms with E-state index >= 15 is 0 Å². The lowest BCUT2D eigenvalue weighted by Crippen LogP contribution is -1.97. The normalized spacial score (nSPS) is 12.7. The molecule has 92 valence electrons. The van der Waals surface area contributed by atoms with Crippen molar-refractivity contribution in [2.24, 2.45) is 0 Å². The molecule has 0 fully saturated rings. The molecule has 18 heavy (non-hydrogen) atoms. The predicted molar refractivity (Wildman–Crippen MR) is 77.7 cm³/mol. The maximum absolute atomic E-state index is 4.38. The number of pyridine rings is 1. The van der Waals surface area contributed by atoms with Gasteiger partial charge in [-0.05, 0) is 30.0 Å². The van der Waals surface area contributed by atoms with Crippen molar-refractivity contribution in [3.05, 3.63) is 42.1 Å². The first-order chi connectivity index (χ1) is 8.86. The topological polar surface area (TPSA) is 37.0 Å². The molecule has 0 amide bonds. The fraction of sp³-hybridized carbons (Fsp3) is 0.214. The summed E-state index contributed by atoms with van der Waals surface area (Å²) in [7, 11) is 0. The Morgan fingerprint density at radius 3 is 3.11 bits per heavy atom. The van der Waals surface area contributed by atoms with Gasteiger partial charge in [0, 0.05) is 23.2 Å². The van der Waals surface area contributed by atoms with Gasteiger partial charge in [0.2, 0.25) is 0 Å². The highest BCUT2D eigenvalue weighted by molar-refractivity contribution is 7.99. The van der Waals surface area contributed by atoms with Gasteiger partial charge >= 0.3 is 0 Å². The first-order valence-corrected chi connectivity index (χ1v) is 7.07. The second kappa shape index (κ2) is 4.90. The third kappa shape index (κ3) is 2.16. The zero-order chi connectivity index (χ0) is 12.4. The van der Waals surface area contributed by atoms with Gasteiger partial charge in [0.25, 0.3) is 0 Å². The van der Waals surface area contributed by atoms with E-state index in [1.807, 2.05) is 24.0 Å². The van der Waals surface area contributed by atoms with Crippen LogP contribution >= 0.6 is 11.8 Å². The van der Waals surface area contributed by atoms with E-state index in [9.17, 15) is 0 Å². The van der Waals surface area contributed by atoms with E-state index in [0.29, 0.717) is 0 Å². The largest absolute Gasteiger partial charge is 0.379 e. The minimum absolute atomic E-state index is 0.809. The van der Waals surface area contributed by atoms with Crippen molar-refractivity contribution in [2.45, 2.75) is 18.4 Å². The first-order valence-electron chi connectivity index (χ1n) is 6.08. The SMILES string of the molecule is CCSc1ccc2c(c1)NCc1cccnc1N2. The summed E-state index contributed by atoms with van der Waals surface area (Å²) >= 11 is 1.86. The van der Waals surface area contributed by atoms with Crippen LogP contribution < -0.4 is 10.6 Å². The summed E-state index contributed by atoms with van der Waals surface area (Å²) in [6.07, 6.45) is 1.82. The van der Waals surface area contributed by atoms with E-state index in [2.05, 4.69) is 46.8 Å². The van der Waals surface area contributed by atoms with Crippen LogP contribution in [-0.2, 0) is 6.54 Å². The van der Waals surface area contributed by atoms with Crippen LogP contribution in [0.15, 0.2) is 41.4 Å². The fourth-order valence-electron chi connectivity index (χ4n) is 2.05. The Morgan fingerprint density at radius 1 is 1.28 bits per heavy atom. The van der Waals surface area contributed by atoms with Crippen LogP contribution in [0.4, 0.5) is 17.2 Å². The zero-order valence-corrected chi connectivity index (χ0v) is 11.1. The van der Waals surface area contributed by atoms with Crippen LogP contribution in [0.5, 0.6) is 0 Å². The molecule has 0 unspecified atom stereocenters. The van der Waals surface area contributed by atoms with Crippen molar-refractivity contribution in [2.75, 3.05) is 16.4 Å². The number of aromatic nitrogens is 1. The van der Waals surface area contributed by atoms with Crippen LogP contribution in [0, 0.1) is 0 Å². The quantitative estimate of drug-likeness (QED) is 0.801. The van der Waals surface area contributed by atoms with E-state index in [1.54, 1.807) is 0 Å². The van der Waals surface area contributed by atoms with E-state index in [4.69, 9.17) is 0 Å². The fourth-order valence-corrected chi connectivity index (χ4v) is 2.75. The van der Waals surface area contributed by atoms with Crippen molar-refractivity contribution in [1.29, 1.82) is 0 Å². The summed E-state index contributed by atoms with van der Waals surface area (Å²) in [5, 5.41) is 6.85. The average Bonchev–Trinajstić information content (AvgIpc) is 2.58. The lowest BCUT2D eigenvalue weighted by atomic mass is 10.2. The smallest absolute Gasteiger partial charge is 0.135 e. The summed E-state index contributed by atoms with van der Waals surface area (Å²) in [6, 6.07) is 10.5. The molecule has 0 radical (unpaired) electrons. The molecule has 1 aliphatic rings. The molecule has 0 aliphatic carbocycles. The van der Waals surface area contributed by atoms with Crippen molar-refractivity contribution >= 4 is 29.0 Å². The average molecular weight is 257 g/mol. The lowest BCUT2D eigenvalue weighted by molar-refractivity contribution is 1.13. The highest BCUT2D eigenvalue weighted by Crippen LogP contribution is 2.33. The molecule has 0 saturated carbocycles. The second-order valence-corrected chi connectivity index (χ2v) is 5.47. The standard InChI is InChI=1S/C14H15N3S/c1-2-18-11-5-6-12-13(8-11)16-9-10-4-3-7-15-14(10)17-12/h3-8,16H,2,9H2,1H3,(H,15,17). The van der Waals surface area contributed by atoms with Crippen molar-refractivity contribution in [3.8, 4) is 0 Å². The summed E-state index contributed by atoms with van der Waals surface area (Å²) in [5.74, 6) is 2.04. The van der Waals surface area contributed by atoms with Crippen LogP contribution in [0.1, 0.15) is 12.5 Å². The number of fused-ring (bicyclic) bond motifs is 2. The Labute approximate surface area is 111 Å². The molecular formula is C14H15N3S. The van der Waals surface area contributed by atoms with Gasteiger partial charge in [0.05, 0.1) is 11.4 Å². The Bertz CT molecular complexity index is 569. The van der Waals surface area contributed by atoms with Crippen LogP contribution in [0.2, 0.25) is 0 Å². The molecule has 0 bridgehead atoms. The van der Waals surface area contributed by atoms with Gasteiger partial charge in [0.15, 0.2) is 0 Å². The molecular weight excluding hydrogens is 242 g/mol. The summed E-state index contributed by atoms with van der Waals surface area (Å²) < 4.78 is 0. The van der Waals surface area contributed by atoms with Gasteiger partial charge in [-0.2, -0.15) is 0 Å². The monoisotopic (exact) mass is 257 g/mol. The highest BCUT2D eigenvalue weighted by atomic mass is 32.2. The van der Waals surface area contributed by atoms with E-state index in [-0.39, 0.29) is 0 Å². The van der Waals surface area contributed by atoms with Crippen LogP contribution in [0.25, 0.3) is 0 Å². The van der Waals surface area contributed by atoms with Crippen molar-refractivity contribution < 1.29 is 0 Å². The van der Waals surface area contributed by atoms with Crippen molar-refractivity contribution in [1.82, 2.24) is 4.98 Å². The summed E-state index contributed by atoms with van der Waals surface area (Å²) in [5.41, 5.74) is 3.43. The van der Waals surface area contributed by atoms with Gasteiger partial charge < -0.3 is 10.6 Å². The molecule has 1 aliphatic heterocycles. The van der Waals surface area contributed by atoms with Crippen LogP contribution in [0.3, 0.4) is 0 Å². The maximum atomic E-state index is 4.38. The Kier molecular flexibility index (Phi) is 3.11. The van der Waals surface area contributed by atoms with Gasteiger partial charge in [-0.3, -0.25) is 0 Å². The third-order valence-electron chi connectivity index (χ3n) is 2.92. The van der Waals surface area contributed by atoms with Crippen LogP contribution in [-0.4, -0.2) is 10.7 Å². The molecule has 2 N–H and O–H groups in total. The molecule has 4 heteroatoms. The van der Waals surface area contributed by atoms with Gasteiger partial charge in [-0.15, -0.1) is 11.8 Å². The number of rotatable bonds is 2.